The zero-order chi connectivity index (χ0) is 17.9. The second kappa shape index (κ2) is 7.54. The minimum Gasteiger partial charge on any atom is -0.325 e. The largest absolute Gasteiger partial charge is 0.325 e. The van der Waals surface area contributed by atoms with Crippen molar-refractivity contribution in [2.45, 2.75) is 30.9 Å². The van der Waals surface area contributed by atoms with Crippen molar-refractivity contribution in [2.24, 2.45) is 0 Å². The number of thioether (sulfide) groups is 1. The quantitative estimate of drug-likeness (QED) is 0.898. The van der Waals surface area contributed by atoms with E-state index in [-0.39, 0.29) is 17.1 Å². The smallest absolute Gasteiger partial charge is 0.237 e. The van der Waals surface area contributed by atoms with Crippen LogP contribution in [-0.2, 0) is 22.4 Å². The number of benzene rings is 2. The highest BCUT2D eigenvalue weighted by Crippen LogP contribution is 2.30. The Hall–Kier alpha value is -2.27. The van der Waals surface area contributed by atoms with Crippen molar-refractivity contribution in [1.82, 2.24) is 0 Å². The topological polar surface area (TPSA) is 49.4 Å². The van der Waals surface area contributed by atoms with Crippen LogP contribution in [0.15, 0.2) is 48.5 Å². The lowest BCUT2D eigenvalue weighted by Gasteiger charge is -2.18. The summed E-state index contributed by atoms with van der Waals surface area (Å²) in [4.78, 5) is 26.9. The average molecular weight is 366 g/mol. The number of nitrogens with zero attached hydrogens (tertiary/aromatic N) is 1. The van der Waals surface area contributed by atoms with Crippen molar-refractivity contribution in [3.8, 4) is 0 Å². The minimum absolute atomic E-state index is 0.0546. The van der Waals surface area contributed by atoms with Gasteiger partial charge < -0.3 is 10.2 Å². The van der Waals surface area contributed by atoms with Gasteiger partial charge in [0.2, 0.25) is 11.8 Å². The van der Waals surface area contributed by atoms with E-state index in [4.69, 9.17) is 0 Å². The highest BCUT2D eigenvalue weighted by atomic mass is 32.2. The summed E-state index contributed by atoms with van der Waals surface area (Å²) in [5.41, 5.74) is 4.40. The predicted octanol–water partition coefficient (Wildman–Crippen LogP) is 3.65. The molecule has 26 heavy (non-hydrogen) atoms. The van der Waals surface area contributed by atoms with Gasteiger partial charge in [0.1, 0.15) is 0 Å². The molecular formula is C21H22N2O2S. The first-order valence-corrected chi connectivity index (χ1v) is 10.2. The van der Waals surface area contributed by atoms with E-state index in [9.17, 15) is 9.59 Å². The van der Waals surface area contributed by atoms with Crippen LogP contribution in [0, 0.1) is 0 Å². The van der Waals surface area contributed by atoms with E-state index in [1.165, 1.54) is 11.1 Å². The molecule has 1 unspecified atom stereocenters. The first-order chi connectivity index (χ1) is 12.7. The molecule has 0 bridgehead atoms. The first kappa shape index (κ1) is 17.2. The van der Waals surface area contributed by atoms with Crippen LogP contribution in [0.4, 0.5) is 11.4 Å². The van der Waals surface area contributed by atoms with E-state index >= 15 is 0 Å². The van der Waals surface area contributed by atoms with Crippen LogP contribution >= 0.6 is 11.8 Å². The van der Waals surface area contributed by atoms with E-state index in [1.807, 2.05) is 41.3 Å². The second-order valence-corrected chi connectivity index (χ2v) is 8.03. The third kappa shape index (κ3) is 3.49. The highest BCUT2D eigenvalue weighted by molar-refractivity contribution is 8.00. The fourth-order valence-electron chi connectivity index (χ4n) is 3.67. The van der Waals surface area contributed by atoms with Crippen LogP contribution in [-0.4, -0.2) is 29.4 Å². The SMILES string of the molecule is O=C1Nc2ccccc2CCC1SCCC(=O)N1CCc2ccccc21. The highest BCUT2D eigenvalue weighted by Gasteiger charge is 2.26. The first-order valence-electron chi connectivity index (χ1n) is 9.11. The van der Waals surface area contributed by atoms with E-state index in [0.29, 0.717) is 12.2 Å². The maximum absolute atomic E-state index is 12.6. The van der Waals surface area contributed by atoms with Crippen LogP contribution < -0.4 is 10.2 Å². The van der Waals surface area contributed by atoms with Gasteiger partial charge in [0.05, 0.1) is 5.25 Å². The molecule has 2 aromatic rings. The summed E-state index contributed by atoms with van der Waals surface area (Å²) in [6.45, 7) is 0.766. The van der Waals surface area contributed by atoms with Gasteiger partial charge in [0.25, 0.3) is 0 Å². The Kier molecular flexibility index (Phi) is 4.98. The molecule has 0 spiro atoms. The van der Waals surface area contributed by atoms with Gasteiger partial charge in [0, 0.05) is 30.1 Å². The van der Waals surface area contributed by atoms with Crippen molar-refractivity contribution in [1.29, 1.82) is 0 Å². The number of hydrogen-bond donors (Lipinski definition) is 1. The Morgan fingerprint density at radius 3 is 2.73 bits per heavy atom. The normalized spacial score (nSPS) is 18.7. The standard InChI is InChI=1S/C21H22N2O2S/c24-20(23-13-11-16-6-2-4-8-18(16)23)12-14-26-19-10-9-15-5-1-3-7-17(15)22-21(19)25/h1-8,19H,9-14H2,(H,22,25). The molecule has 0 saturated heterocycles. The zero-order valence-corrected chi connectivity index (χ0v) is 15.4. The molecule has 2 aromatic carbocycles. The molecule has 2 aliphatic heterocycles. The van der Waals surface area contributed by atoms with Crippen LogP contribution in [0.25, 0.3) is 0 Å². The Bertz CT molecular complexity index is 836. The molecule has 2 amide bonds. The van der Waals surface area contributed by atoms with Crippen LogP contribution in [0.3, 0.4) is 0 Å². The van der Waals surface area contributed by atoms with Gasteiger partial charge >= 0.3 is 0 Å². The molecule has 0 radical (unpaired) electrons. The molecular weight excluding hydrogens is 344 g/mol. The molecule has 1 N–H and O–H groups in total. The molecule has 2 heterocycles. The van der Waals surface area contributed by atoms with Crippen molar-refractivity contribution >= 4 is 35.0 Å². The lowest BCUT2D eigenvalue weighted by atomic mass is 10.1. The Morgan fingerprint density at radius 2 is 1.85 bits per heavy atom. The van der Waals surface area contributed by atoms with Crippen molar-refractivity contribution in [3.05, 3.63) is 59.7 Å². The van der Waals surface area contributed by atoms with E-state index in [0.717, 1.165) is 37.2 Å². The zero-order valence-electron chi connectivity index (χ0n) is 14.6. The number of carbonyl (C=O) groups excluding carboxylic acids is 2. The summed E-state index contributed by atoms with van der Waals surface area (Å²) in [5.74, 6) is 0.880. The second-order valence-electron chi connectivity index (χ2n) is 6.72. The van der Waals surface area contributed by atoms with Gasteiger partial charge in [-0.1, -0.05) is 36.4 Å². The third-order valence-electron chi connectivity index (χ3n) is 5.07. The number of rotatable bonds is 4. The minimum atomic E-state index is -0.0962. The summed E-state index contributed by atoms with van der Waals surface area (Å²) in [7, 11) is 0. The van der Waals surface area contributed by atoms with Crippen molar-refractivity contribution in [3.63, 3.8) is 0 Å². The maximum Gasteiger partial charge on any atom is 0.237 e. The number of amides is 2. The van der Waals surface area contributed by atoms with Crippen molar-refractivity contribution in [2.75, 3.05) is 22.5 Å². The van der Waals surface area contributed by atoms with Gasteiger partial charge in [-0.3, -0.25) is 9.59 Å². The van der Waals surface area contributed by atoms with Gasteiger partial charge in [0.15, 0.2) is 0 Å². The number of para-hydroxylation sites is 2. The number of nitrogens with one attached hydrogen (secondary N) is 1. The molecule has 4 nitrogen and oxygen atoms in total. The number of carbonyl (C=O) groups is 2. The van der Waals surface area contributed by atoms with Crippen LogP contribution in [0.1, 0.15) is 24.0 Å². The van der Waals surface area contributed by atoms with Gasteiger partial charge in [-0.15, -0.1) is 11.8 Å². The molecule has 0 fully saturated rings. The molecule has 1 atom stereocenters. The summed E-state index contributed by atoms with van der Waals surface area (Å²) in [6.07, 6.45) is 3.10. The lowest BCUT2D eigenvalue weighted by molar-refractivity contribution is -0.118. The fraction of sp³-hybridized carbons (Fsp3) is 0.333. The summed E-state index contributed by atoms with van der Waals surface area (Å²) < 4.78 is 0. The monoisotopic (exact) mass is 366 g/mol. The lowest BCUT2D eigenvalue weighted by Crippen LogP contribution is -2.30. The number of fused-ring (bicyclic) bond motifs is 2. The maximum atomic E-state index is 12.6. The van der Waals surface area contributed by atoms with E-state index in [1.54, 1.807) is 11.8 Å². The van der Waals surface area contributed by atoms with Gasteiger partial charge in [-0.05, 0) is 42.5 Å². The third-order valence-corrected chi connectivity index (χ3v) is 6.36. The molecule has 0 aromatic heterocycles. The summed E-state index contributed by atoms with van der Waals surface area (Å²) >= 11 is 1.60. The van der Waals surface area contributed by atoms with E-state index in [2.05, 4.69) is 17.4 Å². The molecule has 5 heteroatoms. The van der Waals surface area contributed by atoms with Gasteiger partial charge in [-0.2, -0.15) is 0 Å². The number of anilines is 2. The Morgan fingerprint density at radius 1 is 1.08 bits per heavy atom. The Balaban J connectivity index is 1.31. The van der Waals surface area contributed by atoms with E-state index < -0.39 is 0 Å². The van der Waals surface area contributed by atoms with Gasteiger partial charge in [-0.25, -0.2) is 0 Å². The molecule has 0 saturated carbocycles. The van der Waals surface area contributed by atoms with Crippen LogP contribution in [0.5, 0.6) is 0 Å². The van der Waals surface area contributed by atoms with Crippen molar-refractivity contribution < 1.29 is 9.59 Å². The van der Waals surface area contributed by atoms with Crippen LogP contribution in [0.2, 0.25) is 0 Å². The number of hydrogen-bond acceptors (Lipinski definition) is 3. The molecule has 134 valence electrons. The fourth-order valence-corrected chi connectivity index (χ4v) is 4.74. The number of aryl methyl sites for hydroxylation is 1. The predicted molar refractivity (Wildman–Crippen MR) is 107 cm³/mol. The summed E-state index contributed by atoms with van der Waals surface area (Å²) in [5, 5.41) is 2.93. The molecule has 0 aliphatic carbocycles. The molecule has 2 aliphatic rings. The summed E-state index contributed by atoms with van der Waals surface area (Å²) in [6, 6.07) is 16.1. The molecule has 4 rings (SSSR count). The Labute approximate surface area is 158 Å². The average Bonchev–Trinajstić information content (AvgIpc) is 3.02.